The molecule has 142 valence electrons. The molecule has 2 aromatic rings. The number of nitrogens with one attached hydrogen (secondary N) is 2. The molecule has 1 atom stereocenters. The topological polar surface area (TPSA) is 61.4 Å². The molecule has 0 bridgehead atoms. The first-order valence-corrected chi connectivity index (χ1v) is 9.15. The summed E-state index contributed by atoms with van der Waals surface area (Å²) < 4.78 is 0. The molecule has 0 aliphatic carbocycles. The van der Waals surface area contributed by atoms with Gasteiger partial charge in [0.1, 0.15) is 0 Å². The van der Waals surface area contributed by atoms with Gasteiger partial charge < -0.3 is 15.5 Å². The van der Waals surface area contributed by atoms with Crippen LogP contribution in [-0.2, 0) is 11.2 Å². The number of hydrogen-bond acceptors (Lipinski definition) is 3. The van der Waals surface area contributed by atoms with Gasteiger partial charge in [0.2, 0.25) is 5.91 Å². The lowest BCUT2D eigenvalue weighted by molar-refractivity contribution is -0.121. The highest BCUT2D eigenvalue weighted by Gasteiger charge is 2.29. The van der Waals surface area contributed by atoms with E-state index in [0.29, 0.717) is 23.7 Å². The van der Waals surface area contributed by atoms with Crippen LogP contribution in [-0.4, -0.2) is 31.4 Å². The Kier molecular flexibility index (Phi) is 5.82. The van der Waals surface area contributed by atoms with Crippen LogP contribution < -0.4 is 15.5 Å². The largest absolute Gasteiger partial charge is 0.326 e. The van der Waals surface area contributed by atoms with Crippen LogP contribution in [0.5, 0.6) is 0 Å². The van der Waals surface area contributed by atoms with Crippen molar-refractivity contribution in [2.75, 3.05) is 29.9 Å². The van der Waals surface area contributed by atoms with Crippen molar-refractivity contribution in [2.45, 2.75) is 13.3 Å². The molecule has 2 N–H and O–H groups in total. The number of carbonyl (C=O) groups is 2. The Balaban J connectivity index is 0.00000210. The van der Waals surface area contributed by atoms with Gasteiger partial charge in [-0.15, -0.1) is 12.4 Å². The fourth-order valence-corrected chi connectivity index (χ4v) is 3.57. The second-order valence-electron chi connectivity index (χ2n) is 7.11. The number of hydrogen-bond donors (Lipinski definition) is 2. The highest BCUT2D eigenvalue weighted by molar-refractivity contribution is 6.08. The zero-order chi connectivity index (χ0) is 18.1. The van der Waals surface area contributed by atoms with E-state index in [4.69, 9.17) is 0 Å². The van der Waals surface area contributed by atoms with Gasteiger partial charge in [0, 0.05) is 29.4 Å². The third-order valence-corrected chi connectivity index (χ3v) is 5.44. The number of halogens is 1. The Labute approximate surface area is 165 Å². The normalized spacial score (nSPS) is 16.7. The van der Waals surface area contributed by atoms with Crippen LogP contribution in [0.4, 0.5) is 11.4 Å². The van der Waals surface area contributed by atoms with E-state index in [1.165, 1.54) is 5.56 Å². The highest BCUT2D eigenvalue weighted by Crippen LogP contribution is 2.29. The van der Waals surface area contributed by atoms with Gasteiger partial charge in [0.25, 0.3) is 5.91 Å². The van der Waals surface area contributed by atoms with Crippen molar-refractivity contribution >= 4 is 35.6 Å². The SMILES string of the molecule is CC(C(=O)Nc1cccc(C(=O)N2CCc3ccccc32)c1)C1CNC1.Cl. The molecule has 6 heteroatoms. The number of anilines is 2. The quantitative estimate of drug-likeness (QED) is 0.850. The molecule has 0 saturated carbocycles. The lowest BCUT2D eigenvalue weighted by Crippen LogP contribution is -2.48. The summed E-state index contributed by atoms with van der Waals surface area (Å²) in [5.41, 5.74) is 3.45. The molecule has 2 aliphatic rings. The van der Waals surface area contributed by atoms with Gasteiger partial charge in [-0.3, -0.25) is 9.59 Å². The number of carbonyl (C=O) groups excluding carboxylic acids is 2. The Morgan fingerprint density at radius 3 is 2.67 bits per heavy atom. The first-order valence-electron chi connectivity index (χ1n) is 9.15. The molecule has 5 nitrogen and oxygen atoms in total. The molecular formula is C21H24ClN3O2. The van der Waals surface area contributed by atoms with Crippen molar-refractivity contribution in [1.29, 1.82) is 0 Å². The predicted molar refractivity (Wildman–Crippen MR) is 110 cm³/mol. The summed E-state index contributed by atoms with van der Waals surface area (Å²) in [4.78, 5) is 27.2. The van der Waals surface area contributed by atoms with Crippen LogP contribution in [0.15, 0.2) is 48.5 Å². The summed E-state index contributed by atoms with van der Waals surface area (Å²) in [6.45, 7) is 4.43. The van der Waals surface area contributed by atoms with Crippen molar-refractivity contribution in [3.63, 3.8) is 0 Å². The van der Waals surface area contributed by atoms with Crippen LogP contribution in [0.2, 0.25) is 0 Å². The Morgan fingerprint density at radius 1 is 1.15 bits per heavy atom. The van der Waals surface area contributed by atoms with Gasteiger partial charge in [-0.1, -0.05) is 31.2 Å². The van der Waals surface area contributed by atoms with Crippen molar-refractivity contribution in [1.82, 2.24) is 5.32 Å². The van der Waals surface area contributed by atoms with E-state index in [1.54, 1.807) is 12.1 Å². The van der Waals surface area contributed by atoms with Crippen molar-refractivity contribution < 1.29 is 9.59 Å². The maximum Gasteiger partial charge on any atom is 0.258 e. The Hall–Kier alpha value is -2.37. The van der Waals surface area contributed by atoms with Gasteiger partial charge in [-0.05, 0) is 55.3 Å². The summed E-state index contributed by atoms with van der Waals surface area (Å²) in [6, 6.07) is 15.2. The standard InChI is InChI=1S/C21H23N3O2.ClH/c1-14(17-12-22-13-17)20(25)23-18-7-4-6-16(11-18)21(26)24-10-9-15-5-2-3-8-19(15)24;/h2-8,11,14,17,22H,9-10,12-13H2,1H3,(H,23,25);1H. The summed E-state index contributed by atoms with van der Waals surface area (Å²) in [6.07, 6.45) is 0.880. The number of nitrogens with zero attached hydrogens (tertiary/aromatic N) is 1. The second-order valence-corrected chi connectivity index (χ2v) is 7.11. The van der Waals surface area contributed by atoms with E-state index in [2.05, 4.69) is 16.7 Å². The van der Waals surface area contributed by atoms with E-state index < -0.39 is 0 Å². The average Bonchev–Trinajstić information content (AvgIpc) is 3.04. The summed E-state index contributed by atoms with van der Waals surface area (Å²) in [5.74, 6) is 0.330. The first-order chi connectivity index (χ1) is 12.6. The molecule has 27 heavy (non-hydrogen) atoms. The van der Waals surface area contributed by atoms with E-state index in [0.717, 1.165) is 25.2 Å². The minimum absolute atomic E-state index is 0. The number of amides is 2. The smallest absolute Gasteiger partial charge is 0.258 e. The Morgan fingerprint density at radius 2 is 1.93 bits per heavy atom. The van der Waals surface area contributed by atoms with Gasteiger partial charge in [0.15, 0.2) is 0 Å². The fraction of sp³-hybridized carbons (Fsp3) is 0.333. The Bertz CT molecular complexity index is 851. The van der Waals surface area contributed by atoms with Crippen LogP contribution >= 0.6 is 12.4 Å². The van der Waals surface area contributed by atoms with Gasteiger partial charge >= 0.3 is 0 Å². The van der Waals surface area contributed by atoms with Gasteiger partial charge in [0.05, 0.1) is 0 Å². The van der Waals surface area contributed by atoms with Crippen LogP contribution in [0, 0.1) is 11.8 Å². The maximum atomic E-state index is 13.0. The van der Waals surface area contributed by atoms with Crippen molar-refractivity contribution in [3.05, 3.63) is 59.7 Å². The van der Waals surface area contributed by atoms with E-state index >= 15 is 0 Å². The average molecular weight is 386 g/mol. The molecule has 0 aromatic heterocycles. The third kappa shape index (κ3) is 3.84. The van der Waals surface area contributed by atoms with Crippen molar-refractivity contribution in [3.8, 4) is 0 Å². The fourth-order valence-electron chi connectivity index (χ4n) is 3.57. The van der Waals surface area contributed by atoms with Crippen LogP contribution in [0.25, 0.3) is 0 Å². The minimum atomic E-state index is -0.0407. The van der Waals surface area contributed by atoms with E-state index in [-0.39, 0.29) is 30.1 Å². The lowest BCUT2D eigenvalue weighted by atomic mass is 9.88. The molecule has 1 saturated heterocycles. The predicted octanol–water partition coefficient (Wildman–Crippen LogP) is 3.11. The van der Waals surface area contributed by atoms with Crippen LogP contribution in [0.1, 0.15) is 22.8 Å². The van der Waals surface area contributed by atoms with E-state index in [1.807, 2.05) is 42.2 Å². The zero-order valence-corrected chi connectivity index (χ0v) is 16.1. The number of rotatable bonds is 4. The highest BCUT2D eigenvalue weighted by atomic mass is 35.5. The van der Waals surface area contributed by atoms with Crippen molar-refractivity contribution in [2.24, 2.45) is 11.8 Å². The number of para-hydroxylation sites is 1. The van der Waals surface area contributed by atoms with Gasteiger partial charge in [-0.25, -0.2) is 0 Å². The second kappa shape index (κ2) is 8.11. The molecule has 2 heterocycles. The molecular weight excluding hydrogens is 362 g/mol. The number of benzene rings is 2. The molecule has 2 amide bonds. The molecule has 0 radical (unpaired) electrons. The molecule has 0 spiro atoms. The summed E-state index contributed by atoms with van der Waals surface area (Å²) >= 11 is 0. The molecule has 1 fully saturated rings. The minimum Gasteiger partial charge on any atom is -0.326 e. The van der Waals surface area contributed by atoms with Gasteiger partial charge in [-0.2, -0.15) is 0 Å². The maximum absolute atomic E-state index is 13.0. The summed E-state index contributed by atoms with van der Waals surface area (Å²) in [5, 5.41) is 6.15. The monoisotopic (exact) mass is 385 g/mol. The summed E-state index contributed by atoms with van der Waals surface area (Å²) in [7, 11) is 0. The molecule has 2 aliphatic heterocycles. The van der Waals surface area contributed by atoms with E-state index in [9.17, 15) is 9.59 Å². The van der Waals surface area contributed by atoms with Crippen LogP contribution in [0.3, 0.4) is 0 Å². The third-order valence-electron chi connectivity index (χ3n) is 5.44. The first kappa shape index (κ1) is 19.4. The molecule has 2 aromatic carbocycles. The molecule has 4 rings (SSSR count). The lowest BCUT2D eigenvalue weighted by Gasteiger charge is -2.31. The molecule has 1 unspecified atom stereocenters. The zero-order valence-electron chi connectivity index (χ0n) is 15.3. The number of fused-ring (bicyclic) bond motifs is 1.